The van der Waals surface area contributed by atoms with Gasteiger partial charge in [0, 0.05) is 4.47 Å². The van der Waals surface area contributed by atoms with E-state index in [0.29, 0.717) is 16.8 Å². The molecule has 0 spiro atoms. The Morgan fingerprint density at radius 3 is 2.53 bits per heavy atom. The minimum absolute atomic E-state index is 0.0711. The monoisotopic (exact) mass is 319 g/mol. The fourth-order valence-corrected chi connectivity index (χ4v) is 1.69. The number of allylic oxidation sites excluding steroid dienone is 4. The molecule has 2 rings (SSSR count). The lowest BCUT2D eigenvalue weighted by molar-refractivity contribution is -0.111. The third kappa shape index (κ3) is 3.48. The minimum Gasteiger partial charge on any atom is -0.312 e. The van der Waals surface area contributed by atoms with Crippen molar-refractivity contribution < 1.29 is 14.4 Å². The van der Waals surface area contributed by atoms with Crippen molar-refractivity contribution >= 4 is 33.4 Å². The fraction of sp³-hybridized carbons (Fsp3) is 0.0714. The van der Waals surface area contributed by atoms with Crippen LogP contribution in [0.2, 0.25) is 0 Å². The zero-order valence-electron chi connectivity index (χ0n) is 10.1. The summed E-state index contributed by atoms with van der Waals surface area (Å²) in [5.41, 5.74) is 1.40. The Kier molecular flexibility index (Phi) is 4.06. The second kappa shape index (κ2) is 5.75. The van der Waals surface area contributed by atoms with Gasteiger partial charge in [-0.2, -0.15) is 0 Å². The maximum atomic E-state index is 11.7. The van der Waals surface area contributed by atoms with Crippen LogP contribution in [0, 0.1) is 0 Å². The summed E-state index contributed by atoms with van der Waals surface area (Å²) < 4.78 is 0.877. The number of carbonyl (C=O) groups excluding carboxylic acids is 2. The molecule has 0 saturated heterocycles. The summed E-state index contributed by atoms with van der Waals surface area (Å²) in [6, 6.07) is 6.75. The van der Waals surface area contributed by atoms with Crippen LogP contribution in [0.1, 0.15) is 17.3 Å². The highest BCUT2D eigenvalue weighted by atomic mass is 79.9. The van der Waals surface area contributed by atoms with E-state index in [4.69, 9.17) is 4.84 Å². The van der Waals surface area contributed by atoms with Gasteiger partial charge in [-0.15, -0.1) is 0 Å². The van der Waals surface area contributed by atoms with Crippen molar-refractivity contribution in [3.63, 3.8) is 0 Å². The van der Waals surface area contributed by atoms with Crippen molar-refractivity contribution in [3.8, 4) is 0 Å². The Balaban J connectivity index is 2.07. The summed E-state index contributed by atoms with van der Waals surface area (Å²) in [5.74, 6) is -0.616. The molecule has 0 bridgehead atoms. The van der Waals surface area contributed by atoms with Crippen LogP contribution in [-0.4, -0.2) is 17.5 Å². The lowest BCUT2D eigenvalue weighted by atomic mass is 10.1. The van der Waals surface area contributed by atoms with Gasteiger partial charge in [-0.1, -0.05) is 21.1 Å². The van der Waals surface area contributed by atoms with Gasteiger partial charge in [0.25, 0.3) is 0 Å². The Morgan fingerprint density at radius 2 is 1.89 bits per heavy atom. The molecule has 4 nitrogen and oxygen atoms in total. The molecule has 0 atom stereocenters. The van der Waals surface area contributed by atoms with Crippen LogP contribution in [0.25, 0.3) is 0 Å². The highest BCUT2D eigenvalue weighted by molar-refractivity contribution is 9.10. The van der Waals surface area contributed by atoms with Gasteiger partial charge in [-0.3, -0.25) is 4.79 Å². The summed E-state index contributed by atoms with van der Waals surface area (Å²) in [7, 11) is 0. The molecule has 0 aromatic heterocycles. The van der Waals surface area contributed by atoms with E-state index in [1.807, 2.05) is 0 Å². The summed E-state index contributed by atoms with van der Waals surface area (Å²) in [6.07, 6.45) is 4.46. The standard InChI is InChI=1S/C14H10BrNO3/c1-9-8-12(6-7-13(9)17)16-19-14(18)10-2-4-11(15)5-3-10/h2-8H,1H3. The smallest absolute Gasteiger partial charge is 0.312 e. The number of oxime groups is 1. The first-order valence-corrected chi connectivity index (χ1v) is 6.31. The van der Waals surface area contributed by atoms with Crippen LogP contribution in [0.5, 0.6) is 0 Å². The van der Waals surface area contributed by atoms with E-state index in [-0.39, 0.29) is 5.78 Å². The zero-order chi connectivity index (χ0) is 13.8. The third-order valence-electron chi connectivity index (χ3n) is 2.47. The highest BCUT2D eigenvalue weighted by Gasteiger charge is 2.10. The molecule has 0 unspecified atom stereocenters. The number of ketones is 1. The molecule has 0 heterocycles. The minimum atomic E-state index is -0.545. The number of nitrogens with zero attached hydrogens (tertiary/aromatic N) is 1. The second-order valence-electron chi connectivity index (χ2n) is 3.93. The number of hydrogen-bond acceptors (Lipinski definition) is 4. The van der Waals surface area contributed by atoms with E-state index < -0.39 is 5.97 Å². The Morgan fingerprint density at radius 1 is 1.21 bits per heavy atom. The molecule has 1 aromatic rings. The first-order valence-electron chi connectivity index (χ1n) is 5.52. The van der Waals surface area contributed by atoms with Crippen molar-refractivity contribution in [2.45, 2.75) is 6.92 Å². The van der Waals surface area contributed by atoms with E-state index >= 15 is 0 Å². The summed E-state index contributed by atoms with van der Waals surface area (Å²) in [4.78, 5) is 27.7. The first-order chi connectivity index (χ1) is 9.06. The largest absolute Gasteiger partial charge is 0.365 e. The van der Waals surface area contributed by atoms with Crippen molar-refractivity contribution in [3.05, 3.63) is 58.1 Å². The summed E-state index contributed by atoms with van der Waals surface area (Å²) >= 11 is 3.28. The SMILES string of the molecule is CC1=CC(=NOC(=O)c2ccc(Br)cc2)C=CC1=O. The lowest BCUT2D eigenvalue weighted by Crippen LogP contribution is -2.07. The van der Waals surface area contributed by atoms with Crippen LogP contribution in [0.15, 0.2) is 57.7 Å². The van der Waals surface area contributed by atoms with Crippen molar-refractivity contribution in [2.75, 3.05) is 0 Å². The van der Waals surface area contributed by atoms with Gasteiger partial charge in [0.05, 0.1) is 5.56 Å². The highest BCUT2D eigenvalue weighted by Crippen LogP contribution is 2.12. The summed E-state index contributed by atoms with van der Waals surface area (Å²) in [6.45, 7) is 1.68. The molecule has 0 N–H and O–H groups in total. The van der Waals surface area contributed by atoms with Crippen LogP contribution in [0.4, 0.5) is 0 Å². The lowest BCUT2D eigenvalue weighted by Gasteiger charge is -2.03. The molecule has 96 valence electrons. The molecular weight excluding hydrogens is 310 g/mol. The Labute approximate surface area is 118 Å². The number of halogens is 1. The van der Waals surface area contributed by atoms with Crippen molar-refractivity contribution in [1.82, 2.24) is 0 Å². The van der Waals surface area contributed by atoms with Gasteiger partial charge >= 0.3 is 5.97 Å². The molecule has 1 aliphatic carbocycles. The Hall–Kier alpha value is -2.01. The number of carbonyl (C=O) groups is 2. The quantitative estimate of drug-likeness (QED) is 0.478. The molecule has 0 fully saturated rings. The first kappa shape index (κ1) is 13.4. The van der Waals surface area contributed by atoms with Crippen LogP contribution in [-0.2, 0) is 9.63 Å². The van der Waals surface area contributed by atoms with E-state index in [9.17, 15) is 9.59 Å². The maximum absolute atomic E-state index is 11.7. The van der Waals surface area contributed by atoms with Gasteiger partial charge in [-0.05, 0) is 55.0 Å². The molecule has 0 amide bonds. The molecule has 0 aliphatic heterocycles. The predicted molar refractivity (Wildman–Crippen MR) is 74.9 cm³/mol. The van der Waals surface area contributed by atoms with Crippen LogP contribution < -0.4 is 0 Å². The van der Waals surface area contributed by atoms with Gasteiger partial charge < -0.3 is 4.84 Å². The maximum Gasteiger partial charge on any atom is 0.365 e. The number of hydrogen-bond donors (Lipinski definition) is 0. The number of benzene rings is 1. The molecule has 1 aliphatic rings. The third-order valence-corrected chi connectivity index (χ3v) is 3.00. The predicted octanol–water partition coefficient (Wildman–Crippen LogP) is 3.05. The second-order valence-corrected chi connectivity index (χ2v) is 4.84. The van der Waals surface area contributed by atoms with E-state index in [1.54, 1.807) is 37.3 Å². The zero-order valence-corrected chi connectivity index (χ0v) is 11.7. The normalized spacial score (nSPS) is 16.4. The van der Waals surface area contributed by atoms with E-state index in [2.05, 4.69) is 21.1 Å². The van der Waals surface area contributed by atoms with Crippen molar-refractivity contribution in [1.29, 1.82) is 0 Å². The average Bonchev–Trinajstić information content (AvgIpc) is 2.40. The van der Waals surface area contributed by atoms with E-state index in [0.717, 1.165) is 4.47 Å². The average molecular weight is 320 g/mol. The van der Waals surface area contributed by atoms with Gasteiger partial charge in [0.15, 0.2) is 5.78 Å². The molecule has 5 heteroatoms. The fourth-order valence-electron chi connectivity index (χ4n) is 1.42. The van der Waals surface area contributed by atoms with Gasteiger partial charge in [0.1, 0.15) is 5.71 Å². The molecule has 0 saturated carbocycles. The van der Waals surface area contributed by atoms with E-state index in [1.165, 1.54) is 12.2 Å². The Bertz CT molecular complexity index is 612. The van der Waals surface area contributed by atoms with Crippen molar-refractivity contribution in [2.24, 2.45) is 5.16 Å². The van der Waals surface area contributed by atoms with Crippen LogP contribution >= 0.6 is 15.9 Å². The molecule has 19 heavy (non-hydrogen) atoms. The molecule has 0 radical (unpaired) electrons. The van der Waals surface area contributed by atoms with Gasteiger partial charge in [-0.25, -0.2) is 4.79 Å². The topological polar surface area (TPSA) is 55.7 Å². The molecule has 1 aromatic carbocycles. The van der Waals surface area contributed by atoms with Gasteiger partial charge in [0.2, 0.25) is 0 Å². The number of rotatable bonds is 2. The van der Waals surface area contributed by atoms with Crippen LogP contribution in [0.3, 0.4) is 0 Å². The molecular formula is C14H10BrNO3. The summed E-state index contributed by atoms with van der Waals surface area (Å²) in [5, 5.41) is 3.71.